The van der Waals surface area contributed by atoms with Crippen LogP contribution in [0.5, 0.6) is 0 Å². The van der Waals surface area contributed by atoms with Gasteiger partial charge in [0.15, 0.2) is 0 Å². The van der Waals surface area contributed by atoms with E-state index in [1.54, 1.807) is 19.4 Å². The van der Waals surface area contributed by atoms with Gasteiger partial charge in [-0.05, 0) is 13.8 Å². The summed E-state index contributed by atoms with van der Waals surface area (Å²) < 4.78 is 5.81. The molecule has 0 spiro atoms. The van der Waals surface area contributed by atoms with Crippen LogP contribution in [0.3, 0.4) is 0 Å². The number of anilines is 1. The molecule has 1 aliphatic heterocycles. The summed E-state index contributed by atoms with van der Waals surface area (Å²) in [6.07, 6.45) is 2.99. The third kappa shape index (κ3) is 3.18. The van der Waals surface area contributed by atoms with Crippen molar-refractivity contribution in [2.75, 3.05) is 32.1 Å². The van der Waals surface area contributed by atoms with E-state index >= 15 is 0 Å². The average molecular weight is 333 g/mol. The first-order valence-corrected chi connectivity index (χ1v) is 8.25. The van der Waals surface area contributed by atoms with E-state index in [1.165, 1.54) is 11.3 Å². The zero-order valence-electron chi connectivity index (χ0n) is 13.4. The maximum absolute atomic E-state index is 12.8. The van der Waals surface area contributed by atoms with Crippen LogP contribution < -0.4 is 5.32 Å². The molecule has 1 aliphatic rings. The number of nitrogens with zero attached hydrogens (tertiary/aromatic N) is 4. The third-order valence-corrected chi connectivity index (χ3v) is 4.78. The van der Waals surface area contributed by atoms with Crippen molar-refractivity contribution < 1.29 is 9.53 Å². The van der Waals surface area contributed by atoms with E-state index in [9.17, 15) is 4.79 Å². The molecule has 1 atom stereocenters. The third-order valence-electron chi connectivity index (χ3n) is 3.72. The van der Waals surface area contributed by atoms with E-state index in [-0.39, 0.29) is 12.0 Å². The van der Waals surface area contributed by atoms with Crippen molar-refractivity contribution in [3.63, 3.8) is 0 Å². The molecule has 23 heavy (non-hydrogen) atoms. The van der Waals surface area contributed by atoms with Crippen molar-refractivity contribution in [3.8, 4) is 0 Å². The van der Waals surface area contributed by atoms with E-state index in [0.717, 1.165) is 16.4 Å². The molecule has 7 nitrogen and oxygen atoms in total. The van der Waals surface area contributed by atoms with Gasteiger partial charge in [0.05, 0.1) is 23.9 Å². The van der Waals surface area contributed by atoms with Gasteiger partial charge in [0.2, 0.25) is 0 Å². The van der Waals surface area contributed by atoms with Crippen LogP contribution in [0.25, 0.3) is 0 Å². The van der Waals surface area contributed by atoms with Crippen LogP contribution in [0, 0.1) is 13.8 Å². The highest BCUT2D eigenvalue weighted by Gasteiger charge is 2.30. The highest BCUT2D eigenvalue weighted by atomic mass is 32.1. The van der Waals surface area contributed by atoms with Crippen LogP contribution in [0.15, 0.2) is 12.4 Å². The fourth-order valence-corrected chi connectivity index (χ4v) is 3.54. The number of carbonyl (C=O) groups excluding carboxylic acids is 1. The number of nitrogens with one attached hydrogen (secondary N) is 1. The van der Waals surface area contributed by atoms with Gasteiger partial charge in [0.25, 0.3) is 5.91 Å². The van der Waals surface area contributed by atoms with E-state index in [0.29, 0.717) is 30.4 Å². The number of aromatic nitrogens is 3. The SMILES string of the molecule is CNc1nccnc1[C@@H]1CN(C(=O)c2sc(C)nc2C)CCO1. The first-order valence-electron chi connectivity index (χ1n) is 7.43. The zero-order chi connectivity index (χ0) is 16.4. The molecule has 0 bridgehead atoms. The average Bonchev–Trinajstić information content (AvgIpc) is 2.92. The van der Waals surface area contributed by atoms with Gasteiger partial charge in [0, 0.05) is 26.0 Å². The van der Waals surface area contributed by atoms with E-state index in [2.05, 4.69) is 20.3 Å². The number of aryl methyl sites for hydroxylation is 2. The van der Waals surface area contributed by atoms with Crippen molar-refractivity contribution in [2.45, 2.75) is 20.0 Å². The monoisotopic (exact) mass is 333 g/mol. The van der Waals surface area contributed by atoms with Gasteiger partial charge < -0.3 is 15.0 Å². The standard InChI is InChI=1S/C15H19N5O2S/c1-9-13(23-10(2)19-9)15(21)20-6-7-22-11(8-20)12-14(16-3)18-5-4-17-12/h4-5,11H,6-8H2,1-3H3,(H,16,18)/t11-/m0/s1. The normalized spacial score (nSPS) is 18.0. The van der Waals surface area contributed by atoms with Crippen LogP contribution >= 0.6 is 11.3 Å². The number of amides is 1. The van der Waals surface area contributed by atoms with Gasteiger partial charge in [-0.2, -0.15) is 0 Å². The van der Waals surface area contributed by atoms with Gasteiger partial charge in [-0.25, -0.2) is 9.97 Å². The molecule has 3 heterocycles. The fourth-order valence-electron chi connectivity index (χ4n) is 2.65. The van der Waals surface area contributed by atoms with Crippen molar-refractivity contribution in [1.29, 1.82) is 0 Å². The van der Waals surface area contributed by atoms with E-state index in [1.807, 2.05) is 18.7 Å². The summed E-state index contributed by atoms with van der Waals surface area (Å²) in [5, 5.41) is 3.92. The first-order chi connectivity index (χ1) is 11.1. The quantitative estimate of drug-likeness (QED) is 0.923. The molecule has 8 heteroatoms. The zero-order valence-corrected chi connectivity index (χ0v) is 14.2. The Hall–Kier alpha value is -2.06. The summed E-state index contributed by atoms with van der Waals surface area (Å²) >= 11 is 1.44. The predicted molar refractivity (Wildman–Crippen MR) is 87.8 cm³/mol. The van der Waals surface area contributed by atoms with Crippen LogP contribution in [-0.2, 0) is 4.74 Å². The largest absolute Gasteiger partial charge is 0.372 e. The van der Waals surface area contributed by atoms with Gasteiger partial charge in [-0.3, -0.25) is 9.78 Å². The molecule has 3 rings (SSSR count). The van der Waals surface area contributed by atoms with Crippen LogP contribution in [0.2, 0.25) is 0 Å². The Morgan fingerprint density at radius 1 is 1.39 bits per heavy atom. The highest BCUT2D eigenvalue weighted by Crippen LogP contribution is 2.27. The summed E-state index contributed by atoms with van der Waals surface area (Å²) in [7, 11) is 1.79. The minimum absolute atomic E-state index is 0.0105. The maximum atomic E-state index is 12.8. The van der Waals surface area contributed by atoms with E-state index in [4.69, 9.17) is 4.74 Å². The van der Waals surface area contributed by atoms with Crippen molar-refractivity contribution in [3.05, 3.63) is 33.7 Å². The Kier molecular flexibility index (Phi) is 4.53. The summed E-state index contributed by atoms with van der Waals surface area (Å²) in [4.78, 5) is 28.2. The van der Waals surface area contributed by atoms with Crippen LogP contribution in [0.4, 0.5) is 5.82 Å². The number of carbonyl (C=O) groups is 1. The second kappa shape index (κ2) is 6.59. The lowest BCUT2D eigenvalue weighted by atomic mass is 10.2. The summed E-state index contributed by atoms with van der Waals surface area (Å²) in [5.74, 6) is 0.688. The molecule has 0 aromatic carbocycles. The second-order valence-corrected chi connectivity index (χ2v) is 6.50. The van der Waals surface area contributed by atoms with Crippen LogP contribution in [-0.4, -0.2) is 52.5 Å². The molecule has 2 aromatic heterocycles. The van der Waals surface area contributed by atoms with E-state index < -0.39 is 0 Å². The van der Waals surface area contributed by atoms with Crippen molar-refractivity contribution in [2.24, 2.45) is 0 Å². The van der Waals surface area contributed by atoms with Crippen molar-refractivity contribution >= 4 is 23.1 Å². The Morgan fingerprint density at radius 3 is 2.87 bits per heavy atom. The Labute approximate surface area is 138 Å². The van der Waals surface area contributed by atoms with Crippen molar-refractivity contribution in [1.82, 2.24) is 19.9 Å². The smallest absolute Gasteiger partial charge is 0.266 e. The number of hydrogen-bond donors (Lipinski definition) is 1. The molecule has 0 aliphatic carbocycles. The number of thiazole rings is 1. The topological polar surface area (TPSA) is 80.2 Å². The minimum Gasteiger partial charge on any atom is -0.372 e. The summed E-state index contributed by atoms with van der Waals surface area (Å²) in [6.45, 7) is 5.29. The Morgan fingerprint density at radius 2 is 2.17 bits per heavy atom. The number of morpholine rings is 1. The van der Waals surface area contributed by atoms with Gasteiger partial charge >= 0.3 is 0 Å². The number of hydrogen-bond acceptors (Lipinski definition) is 7. The molecule has 1 N–H and O–H groups in total. The lowest BCUT2D eigenvalue weighted by Gasteiger charge is -2.32. The molecule has 122 valence electrons. The summed E-state index contributed by atoms with van der Waals surface area (Å²) in [6, 6.07) is 0. The highest BCUT2D eigenvalue weighted by molar-refractivity contribution is 7.13. The molecule has 2 aromatic rings. The lowest BCUT2D eigenvalue weighted by molar-refractivity contribution is -0.0244. The molecule has 1 fully saturated rings. The Bertz CT molecular complexity index is 718. The fraction of sp³-hybridized carbons (Fsp3) is 0.467. The molecule has 1 saturated heterocycles. The predicted octanol–water partition coefficient (Wildman–Crippen LogP) is 1.81. The molecule has 0 saturated carbocycles. The molecular weight excluding hydrogens is 314 g/mol. The van der Waals surface area contributed by atoms with Gasteiger partial charge in [-0.15, -0.1) is 11.3 Å². The van der Waals surface area contributed by atoms with Gasteiger partial charge in [-0.1, -0.05) is 0 Å². The molecule has 0 radical (unpaired) electrons. The van der Waals surface area contributed by atoms with Crippen LogP contribution in [0.1, 0.15) is 32.2 Å². The first kappa shape index (κ1) is 15.8. The Balaban J connectivity index is 1.81. The lowest BCUT2D eigenvalue weighted by Crippen LogP contribution is -2.42. The molecule has 1 amide bonds. The molecular formula is C15H19N5O2S. The maximum Gasteiger partial charge on any atom is 0.266 e. The minimum atomic E-state index is -0.279. The number of rotatable bonds is 3. The van der Waals surface area contributed by atoms with Gasteiger partial charge in [0.1, 0.15) is 22.5 Å². The summed E-state index contributed by atoms with van der Waals surface area (Å²) in [5.41, 5.74) is 1.51. The number of ether oxygens (including phenoxy) is 1. The second-order valence-electron chi connectivity index (χ2n) is 5.30. The molecule has 0 unspecified atom stereocenters.